The van der Waals surface area contributed by atoms with Crippen molar-refractivity contribution in [2.45, 2.75) is 38.9 Å². The van der Waals surface area contributed by atoms with E-state index in [0.29, 0.717) is 18.4 Å². The van der Waals surface area contributed by atoms with Crippen molar-refractivity contribution in [3.63, 3.8) is 0 Å². The molecule has 1 unspecified atom stereocenters. The van der Waals surface area contributed by atoms with Crippen LogP contribution in [0.15, 0.2) is 0 Å². The van der Waals surface area contributed by atoms with Crippen LogP contribution >= 0.6 is 0 Å². The van der Waals surface area contributed by atoms with Gasteiger partial charge >= 0.3 is 6.18 Å². The molecule has 1 rings (SSSR count). The maximum Gasteiger partial charge on any atom is 0.391 e. The molecule has 0 aliphatic carbocycles. The largest absolute Gasteiger partial charge is 0.391 e. The molecule has 120 valence electrons. The highest BCUT2D eigenvalue weighted by atomic mass is 19.4. The Morgan fingerprint density at radius 2 is 1.76 bits per heavy atom. The SMILES string of the molecule is CCCNc1nc(NC(C)CC(F)(F)F)nc(N(C)C)n1. The molecular formula is C12H21F3N6. The summed E-state index contributed by atoms with van der Waals surface area (Å²) in [5.41, 5.74) is 0. The minimum absolute atomic E-state index is 0.129. The number of anilines is 3. The maximum atomic E-state index is 12.3. The third-order valence-corrected chi connectivity index (χ3v) is 2.47. The third kappa shape index (κ3) is 6.46. The number of alkyl halides is 3. The molecule has 0 aliphatic heterocycles. The second kappa shape index (κ2) is 7.28. The zero-order chi connectivity index (χ0) is 16.0. The molecular weight excluding hydrogens is 285 g/mol. The van der Waals surface area contributed by atoms with E-state index in [2.05, 4.69) is 25.6 Å². The first-order valence-electron chi connectivity index (χ1n) is 6.72. The fourth-order valence-corrected chi connectivity index (χ4v) is 1.56. The van der Waals surface area contributed by atoms with Gasteiger partial charge in [-0.1, -0.05) is 6.92 Å². The molecule has 2 N–H and O–H groups in total. The van der Waals surface area contributed by atoms with Crippen molar-refractivity contribution >= 4 is 17.8 Å². The molecule has 1 aromatic heterocycles. The van der Waals surface area contributed by atoms with Gasteiger partial charge in [-0.15, -0.1) is 0 Å². The lowest BCUT2D eigenvalue weighted by Crippen LogP contribution is -2.26. The Bertz CT molecular complexity index is 449. The number of aromatic nitrogens is 3. The smallest absolute Gasteiger partial charge is 0.354 e. The van der Waals surface area contributed by atoms with Gasteiger partial charge in [-0.3, -0.25) is 0 Å². The Morgan fingerprint density at radius 3 is 2.29 bits per heavy atom. The summed E-state index contributed by atoms with van der Waals surface area (Å²) in [7, 11) is 3.50. The highest BCUT2D eigenvalue weighted by Gasteiger charge is 2.30. The molecule has 6 nitrogen and oxygen atoms in total. The second-order valence-electron chi connectivity index (χ2n) is 4.97. The maximum absolute atomic E-state index is 12.3. The summed E-state index contributed by atoms with van der Waals surface area (Å²) in [5.74, 6) is 0.853. The number of hydrogen-bond donors (Lipinski definition) is 2. The average molecular weight is 306 g/mol. The summed E-state index contributed by atoms with van der Waals surface area (Å²) in [6.07, 6.45) is -4.29. The summed E-state index contributed by atoms with van der Waals surface area (Å²) in [6.45, 7) is 4.10. The molecule has 0 saturated heterocycles. The van der Waals surface area contributed by atoms with Crippen molar-refractivity contribution in [2.24, 2.45) is 0 Å². The van der Waals surface area contributed by atoms with E-state index >= 15 is 0 Å². The zero-order valence-electron chi connectivity index (χ0n) is 12.6. The first-order valence-corrected chi connectivity index (χ1v) is 6.72. The quantitative estimate of drug-likeness (QED) is 0.807. The highest BCUT2D eigenvalue weighted by Crippen LogP contribution is 2.23. The summed E-state index contributed by atoms with van der Waals surface area (Å²) >= 11 is 0. The van der Waals surface area contributed by atoms with E-state index in [1.54, 1.807) is 19.0 Å². The van der Waals surface area contributed by atoms with Gasteiger partial charge in [0.05, 0.1) is 6.42 Å². The van der Waals surface area contributed by atoms with E-state index in [0.717, 1.165) is 6.42 Å². The molecule has 1 aromatic rings. The van der Waals surface area contributed by atoms with E-state index in [1.807, 2.05) is 6.92 Å². The molecule has 0 saturated carbocycles. The lowest BCUT2D eigenvalue weighted by molar-refractivity contribution is -0.136. The van der Waals surface area contributed by atoms with Gasteiger partial charge in [0.2, 0.25) is 17.8 Å². The van der Waals surface area contributed by atoms with Gasteiger partial charge in [-0.25, -0.2) is 0 Å². The van der Waals surface area contributed by atoms with E-state index in [9.17, 15) is 13.2 Å². The highest BCUT2D eigenvalue weighted by molar-refractivity contribution is 5.43. The molecule has 0 aliphatic rings. The van der Waals surface area contributed by atoms with Crippen LogP contribution in [0, 0.1) is 0 Å². The van der Waals surface area contributed by atoms with Gasteiger partial charge < -0.3 is 15.5 Å². The fourth-order valence-electron chi connectivity index (χ4n) is 1.56. The first kappa shape index (κ1) is 17.3. The number of halogens is 3. The van der Waals surface area contributed by atoms with Gasteiger partial charge in [-0.2, -0.15) is 28.1 Å². The van der Waals surface area contributed by atoms with Gasteiger partial charge in [0, 0.05) is 26.7 Å². The van der Waals surface area contributed by atoms with Crippen molar-refractivity contribution in [1.82, 2.24) is 15.0 Å². The predicted octanol–water partition coefficient (Wildman–Crippen LogP) is 2.51. The van der Waals surface area contributed by atoms with E-state index in [1.165, 1.54) is 6.92 Å². The van der Waals surface area contributed by atoms with Crippen molar-refractivity contribution in [3.05, 3.63) is 0 Å². The molecule has 9 heteroatoms. The lowest BCUT2D eigenvalue weighted by Gasteiger charge is -2.18. The van der Waals surface area contributed by atoms with Crippen molar-refractivity contribution in [1.29, 1.82) is 0 Å². The van der Waals surface area contributed by atoms with E-state index < -0.39 is 18.6 Å². The molecule has 0 radical (unpaired) electrons. The van der Waals surface area contributed by atoms with Crippen LogP contribution in [0.4, 0.5) is 31.0 Å². The van der Waals surface area contributed by atoms with Gasteiger partial charge in [-0.05, 0) is 13.3 Å². The second-order valence-corrected chi connectivity index (χ2v) is 4.97. The molecule has 1 heterocycles. The lowest BCUT2D eigenvalue weighted by atomic mass is 10.2. The number of hydrogen-bond acceptors (Lipinski definition) is 6. The molecule has 1 atom stereocenters. The van der Waals surface area contributed by atoms with Crippen molar-refractivity contribution < 1.29 is 13.2 Å². The summed E-state index contributed by atoms with van der Waals surface area (Å²) in [4.78, 5) is 14.0. The van der Waals surface area contributed by atoms with Crippen molar-refractivity contribution in [3.8, 4) is 0 Å². The predicted molar refractivity (Wildman–Crippen MR) is 76.7 cm³/mol. The molecule has 0 spiro atoms. The third-order valence-electron chi connectivity index (χ3n) is 2.47. The van der Waals surface area contributed by atoms with Crippen LogP contribution in [-0.2, 0) is 0 Å². The first-order chi connectivity index (χ1) is 9.71. The van der Waals surface area contributed by atoms with Gasteiger partial charge in [0.15, 0.2) is 0 Å². The standard InChI is InChI=1S/C12H21F3N6/c1-5-6-16-9-18-10(20-11(19-9)21(3)4)17-8(2)7-12(13,14)15/h8H,5-7H2,1-4H3,(H2,16,17,18,19,20). The van der Waals surface area contributed by atoms with Crippen LogP contribution in [0.1, 0.15) is 26.7 Å². The Hall–Kier alpha value is -1.80. The topological polar surface area (TPSA) is 66.0 Å². The van der Waals surface area contributed by atoms with E-state index in [4.69, 9.17) is 0 Å². The van der Waals surface area contributed by atoms with Crippen LogP contribution in [0.3, 0.4) is 0 Å². The van der Waals surface area contributed by atoms with Gasteiger partial charge in [0.25, 0.3) is 0 Å². The number of rotatable bonds is 7. The molecule has 0 aromatic carbocycles. The van der Waals surface area contributed by atoms with Crippen LogP contribution in [-0.4, -0.2) is 47.8 Å². The Morgan fingerprint density at radius 1 is 1.14 bits per heavy atom. The molecule has 0 fully saturated rings. The Labute approximate surface area is 122 Å². The minimum atomic E-state index is -4.23. The Kier molecular flexibility index (Phi) is 5.98. The summed E-state index contributed by atoms with van der Waals surface area (Å²) in [5, 5.41) is 5.66. The van der Waals surface area contributed by atoms with E-state index in [-0.39, 0.29) is 5.95 Å². The van der Waals surface area contributed by atoms with Crippen LogP contribution in [0.5, 0.6) is 0 Å². The van der Waals surface area contributed by atoms with Crippen LogP contribution < -0.4 is 15.5 Å². The Balaban J connectivity index is 2.86. The molecule has 21 heavy (non-hydrogen) atoms. The monoisotopic (exact) mass is 306 g/mol. The summed E-state index contributed by atoms with van der Waals surface area (Å²) in [6, 6.07) is -0.818. The van der Waals surface area contributed by atoms with Crippen LogP contribution in [0.2, 0.25) is 0 Å². The normalized spacial score (nSPS) is 12.9. The minimum Gasteiger partial charge on any atom is -0.354 e. The number of nitrogens with one attached hydrogen (secondary N) is 2. The number of nitrogens with zero attached hydrogens (tertiary/aromatic N) is 4. The molecule has 0 bridgehead atoms. The van der Waals surface area contributed by atoms with Gasteiger partial charge in [0.1, 0.15) is 0 Å². The fraction of sp³-hybridized carbons (Fsp3) is 0.750. The zero-order valence-corrected chi connectivity index (χ0v) is 12.6. The van der Waals surface area contributed by atoms with Crippen molar-refractivity contribution in [2.75, 3.05) is 36.2 Å². The average Bonchev–Trinajstić information content (AvgIpc) is 2.33. The van der Waals surface area contributed by atoms with Crippen LogP contribution in [0.25, 0.3) is 0 Å². The summed E-state index contributed by atoms with van der Waals surface area (Å²) < 4.78 is 37.0. The molecule has 0 amide bonds.